The Morgan fingerprint density at radius 3 is 2.68 bits per heavy atom. The van der Waals surface area contributed by atoms with Crippen molar-refractivity contribution in [3.05, 3.63) is 62.3 Å². The molecule has 0 fully saturated rings. The highest BCUT2D eigenvalue weighted by Gasteiger charge is 2.09. The van der Waals surface area contributed by atoms with Gasteiger partial charge in [0.1, 0.15) is 5.15 Å². The fraction of sp³-hybridized carbons (Fsp3) is 0.0769. The maximum atomic E-state index is 9.15. The minimum absolute atomic E-state index is 0.380. The van der Waals surface area contributed by atoms with Crippen molar-refractivity contribution in [2.45, 2.75) is 6.42 Å². The first kappa shape index (κ1) is 14.3. The van der Waals surface area contributed by atoms with Crippen LogP contribution in [-0.4, -0.2) is 15.9 Å². The highest BCUT2D eigenvalue weighted by molar-refractivity contribution is 9.10. The smallest absolute Gasteiger partial charge is 0.129 e. The van der Waals surface area contributed by atoms with Crippen LogP contribution in [0, 0.1) is 0 Å². The third kappa shape index (κ3) is 3.69. The Hall–Kier alpha value is -1.10. The van der Waals surface area contributed by atoms with Gasteiger partial charge in [-0.25, -0.2) is 4.98 Å². The van der Waals surface area contributed by atoms with E-state index < -0.39 is 0 Å². The lowest BCUT2D eigenvalue weighted by molar-refractivity contribution is 0.318. The van der Waals surface area contributed by atoms with Crippen LogP contribution >= 0.6 is 39.1 Å². The van der Waals surface area contributed by atoms with Crippen molar-refractivity contribution < 1.29 is 5.21 Å². The van der Waals surface area contributed by atoms with E-state index in [4.69, 9.17) is 28.4 Å². The van der Waals surface area contributed by atoms with Crippen LogP contribution in [0.4, 0.5) is 0 Å². The van der Waals surface area contributed by atoms with E-state index in [1.165, 1.54) is 0 Å². The number of nitrogens with zero attached hydrogens (tertiary/aromatic N) is 2. The van der Waals surface area contributed by atoms with E-state index in [-0.39, 0.29) is 0 Å². The molecule has 1 aromatic carbocycles. The van der Waals surface area contributed by atoms with Crippen molar-refractivity contribution in [2.24, 2.45) is 5.16 Å². The second-order valence-electron chi connectivity index (χ2n) is 3.80. The Labute approximate surface area is 129 Å². The van der Waals surface area contributed by atoms with Gasteiger partial charge in [-0.3, -0.25) is 0 Å². The van der Waals surface area contributed by atoms with E-state index in [9.17, 15) is 0 Å². The Bertz CT molecular complexity index is 632. The maximum absolute atomic E-state index is 9.15. The van der Waals surface area contributed by atoms with Gasteiger partial charge in [0, 0.05) is 22.2 Å². The molecule has 2 aromatic rings. The highest BCUT2D eigenvalue weighted by Crippen LogP contribution is 2.24. The molecule has 1 aromatic heterocycles. The molecule has 0 aliphatic heterocycles. The third-order valence-corrected chi connectivity index (χ3v) is 3.92. The summed E-state index contributed by atoms with van der Waals surface area (Å²) in [4.78, 5) is 4.16. The zero-order valence-corrected chi connectivity index (χ0v) is 12.7. The number of oxime groups is 1. The normalized spacial score (nSPS) is 11.6. The first-order valence-corrected chi connectivity index (χ1v) is 6.93. The van der Waals surface area contributed by atoms with Crippen molar-refractivity contribution in [1.29, 1.82) is 0 Å². The van der Waals surface area contributed by atoms with Crippen LogP contribution < -0.4 is 0 Å². The molecule has 0 spiro atoms. The molecule has 1 heterocycles. The molecule has 0 radical (unpaired) electrons. The summed E-state index contributed by atoms with van der Waals surface area (Å²) in [5.41, 5.74) is 1.99. The zero-order chi connectivity index (χ0) is 13.8. The average Bonchev–Trinajstić information content (AvgIpc) is 2.39. The van der Waals surface area contributed by atoms with Crippen molar-refractivity contribution in [3.63, 3.8) is 0 Å². The lowest BCUT2D eigenvalue weighted by Gasteiger charge is -2.06. The molecule has 98 valence electrons. The zero-order valence-electron chi connectivity index (χ0n) is 9.65. The van der Waals surface area contributed by atoms with Gasteiger partial charge in [0.05, 0.1) is 10.7 Å². The topological polar surface area (TPSA) is 45.5 Å². The van der Waals surface area contributed by atoms with Gasteiger partial charge < -0.3 is 5.21 Å². The van der Waals surface area contributed by atoms with Gasteiger partial charge in [0.15, 0.2) is 0 Å². The molecule has 6 heteroatoms. The van der Waals surface area contributed by atoms with Gasteiger partial charge in [0.2, 0.25) is 0 Å². The maximum Gasteiger partial charge on any atom is 0.129 e. The second kappa shape index (κ2) is 6.37. The van der Waals surface area contributed by atoms with Gasteiger partial charge >= 0.3 is 0 Å². The van der Waals surface area contributed by atoms with Crippen LogP contribution in [0.3, 0.4) is 0 Å². The molecule has 3 nitrogen and oxygen atoms in total. The Balaban J connectivity index is 2.28. The number of benzene rings is 1. The molecule has 0 saturated carbocycles. The van der Waals surface area contributed by atoms with Crippen LogP contribution in [0.2, 0.25) is 10.2 Å². The minimum Gasteiger partial charge on any atom is -0.411 e. The molecule has 0 amide bonds. The van der Waals surface area contributed by atoms with E-state index in [2.05, 4.69) is 26.1 Å². The molecular weight excluding hydrogens is 351 g/mol. The predicted molar refractivity (Wildman–Crippen MR) is 80.4 cm³/mol. The molecule has 1 N–H and O–H groups in total. The number of hydrogen-bond acceptors (Lipinski definition) is 3. The summed E-state index contributed by atoms with van der Waals surface area (Å²) in [6, 6.07) is 10.6. The fourth-order valence-corrected chi connectivity index (χ4v) is 2.27. The third-order valence-electron chi connectivity index (χ3n) is 2.49. The summed E-state index contributed by atoms with van der Waals surface area (Å²) >= 11 is 15.1. The minimum atomic E-state index is 0.380. The number of halogens is 3. The van der Waals surface area contributed by atoms with Crippen LogP contribution in [-0.2, 0) is 6.42 Å². The fourth-order valence-electron chi connectivity index (χ4n) is 1.59. The summed E-state index contributed by atoms with van der Waals surface area (Å²) in [5.74, 6) is 0. The molecule has 0 aliphatic rings. The van der Waals surface area contributed by atoms with E-state index >= 15 is 0 Å². The molecule has 19 heavy (non-hydrogen) atoms. The van der Waals surface area contributed by atoms with E-state index in [1.54, 1.807) is 30.3 Å². The molecule has 0 bridgehead atoms. The van der Waals surface area contributed by atoms with Crippen molar-refractivity contribution in [1.82, 2.24) is 4.98 Å². The molecule has 2 rings (SSSR count). The Morgan fingerprint density at radius 2 is 2.05 bits per heavy atom. The van der Waals surface area contributed by atoms with Crippen molar-refractivity contribution in [2.75, 3.05) is 0 Å². The summed E-state index contributed by atoms with van der Waals surface area (Å²) in [5, 5.41) is 13.5. The molecular formula is C13H9BrCl2N2O. The van der Waals surface area contributed by atoms with Gasteiger partial charge in [-0.05, 0) is 40.2 Å². The van der Waals surface area contributed by atoms with E-state index in [0.717, 1.165) is 15.7 Å². The lowest BCUT2D eigenvalue weighted by Crippen LogP contribution is -2.07. The lowest BCUT2D eigenvalue weighted by atomic mass is 10.1. The number of hydrogen-bond donors (Lipinski definition) is 1. The monoisotopic (exact) mass is 358 g/mol. The molecule has 0 atom stereocenters. The van der Waals surface area contributed by atoms with Crippen LogP contribution in [0.25, 0.3) is 0 Å². The molecule has 0 aliphatic carbocycles. The van der Waals surface area contributed by atoms with Gasteiger partial charge in [0.25, 0.3) is 0 Å². The first-order chi connectivity index (χ1) is 9.10. The summed E-state index contributed by atoms with van der Waals surface area (Å²) in [7, 11) is 0. The first-order valence-electron chi connectivity index (χ1n) is 5.38. The highest BCUT2D eigenvalue weighted by atomic mass is 79.9. The van der Waals surface area contributed by atoms with Crippen molar-refractivity contribution in [3.8, 4) is 0 Å². The number of pyridine rings is 1. The van der Waals surface area contributed by atoms with E-state index in [1.807, 2.05) is 6.07 Å². The van der Waals surface area contributed by atoms with Crippen LogP contribution in [0.15, 0.2) is 46.0 Å². The number of rotatable bonds is 3. The quantitative estimate of drug-likeness (QED) is 0.377. The average molecular weight is 360 g/mol. The predicted octanol–water partition coefficient (Wildman–Crippen LogP) is 4.57. The Morgan fingerprint density at radius 1 is 1.26 bits per heavy atom. The van der Waals surface area contributed by atoms with Crippen molar-refractivity contribution >= 4 is 44.8 Å². The van der Waals surface area contributed by atoms with Gasteiger partial charge in [-0.1, -0.05) is 40.5 Å². The molecule has 0 unspecified atom stereocenters. The summed E-state index contributed by atoms with van der Waals surface area (Å²) < 4.78 is 0.742. The van der Waals surface area contributed by atoms with Crippen LogP contribution in [0.5, 0.6) is 0 Å². The molecule has 0 saturated heterocycles. The van der Waals surface area contributed by atoms with Crippen LogP contribution in [0.1, 0.15) is 11.3 Å². The standard InChI is InChI=1S/C13H9BrCl2N2O/c14-10-6-8(4-5-11(10)15)12(18-19)7-9-2-1-3-13(16)17-9/h1-6,19H,7H2/b18-12-. The summed E-state index contributed by atoms with van der Waals surface area (Å²) in [6.07, 6.45) is 0.380. The largest absolute Gasteiger partial charge is 0.411 e. The number of aromatic nitrogens is 1. The summed E-state index contributed by atoms with van der Waals surface area (Å²) in [6.45, 7) is 0. The van der Waals surface area contributed by atoms with E-state index in [0.29, 0.717) is 22.3 Å². The van der Waals surface area contributed by atoms with Gasteiger partial charge in [-0.2, -0.15) is 0 Å². The second-order valence-corrected chi connectivity index (χ2v) is 5.45. The van der Waals surface area contributed by atoms with Gasteiger partial charge in [-0.15, -0.1) is 0 Å². The Kier molecular flexibility index (Phi) is 4.80. The SMILES string of the molecule is O/N=C(/Cc1cccc(Cl)n1)c1ccc(Cl)c(Br)c1.